The molecule has 2 aromatic heterocycles. The van der Waals surface area contributed by atoms with E-state index in [0.29, 0.717) is 10.7 Å². The Labute approximate surface area is 161 Å². The first kappa shape index (κ1) is 17.2. The lowest BCUT2D eigenvalue weighted by atomic mass is 10.1. The Hall–Kier alpha value is -3.24. The highest BCUT2D eigenvalue weighted by molar-refractivity contribution is 6.30. The number of hydrogen-bond acceptors (Lipinski definition) is 4. The summed E-state index contributed by atoms with van der Waals surface area (Å²) in [5.74, 6) is -0.452. The van der Waals surface area contributed by atoms with Crippen LogP contribution in [-0.4, -0.2) is 15.9 Å². The van der Waals surface area contributed by atoms with E-state index < -0.39 is 5.97 Å². The molecule has 0 spiro atoms. The molecule has 0 aliphatic rings. The highest BCUT2D eigenvalue weighted by atomic mass is 35.5. The summed E-state index contributed by atoms with van der Waals surface area (Å²) < 4.78 is 5.32. The molecule has 0 saturated carbocycles. The fourth-order valence-corrected chi connectivity index (χ4v) is 3.05. The highest BCUT2D eigenvalue weighted by Gasteiger charge is 2.07. The van der Waals surface area contributed by atoms with Crippen molar-refractivity contribution in [2.45, 2.75) is 6.61 Å². The molecule has 0 radical (unpaired) electrons. The molecule has 0 fully saturated rings. The number of fused-ring (bicyclic) bond motifs is 2. The molecule has 0 N–H and O–H groups in total. The Balaban J connectivity index is 1.48. The van der Waals surface area contributed by atoms with Crippen LogP contribution < -0.4 is 0 Å². The molecule has 2 heterocycles. The summed E-state index contributed by atoms with van der Waals surface area (Å²) in [6, 6.07) is 19.2. The molecular formula is C22H15ClN2O2. The average molecular weight is 375 g/mol. The van der Waals surface area contributed by atoms with Crippen LogP contribution in [0.4, 0.5) is 0 Å². The minimum atomic E-state index is -0.452. The second kappa shape index (κ2) is 7.56. The van der Waals surface area contributed by atoms with Crippen LogP contribution in [0, 0.1) is 0 Å². The van der Waals surface area contributed by atoms with Gasteiger partial charge in [0.1, 0.15) is 11.8 Å². The number of para-hydroxylation sites is 2. The molecule has 5 heteroatoms. The smallest absolute Gasteiger partial charge is 0.331 e. The van der Waals surface area contributed by atoms with Gasteiger partial charge in [0.05, 0.1) is 11.0 Å². The lowest BCUT2D eigenvalue weighted by Gasteiger charge is -2.06. The van der Waals surface area contributed by atoms with E-state index in [4.69, 9.17) is 16.3 Å². The van der Waals surface area contributed by atoms with Crippen LogP contribution >= 0.6 is 11.6 Å². The Morgan fingerprint density at radius 2 is 1.85 bits per heavy atom. The Bertz CT molecular complexity index is 1170. The number of hydrogen-bond donors (Lipinski definition) is 0. The maximum Gasteiger partial charge on any atom is 0.331 e. The third-order valence-corrected chi connectivity index (χ3v) is 4.51. The molecule has 0 bridgehead atoms. The molecular weight excluding hydrogens is 360 g/mol. The van der Waals surface area contributed by atoms with E-state index in [0.717, 1.165) is 27.4 Å². The van der Waals surface area contributed by atoms with Crippen molar-refractivity contribution in [1.29, 1.82) is 0 Å². The molecule has 0 saturated heterocycles. The number of ether oxygens (including phenoxy) is 1. The fourth-order valence-electron chi connectivity index (χ4n) is 2.85. The van der Waals surface area contributed by atoms with Crippen molar-refractivity contribution in [3.8, 4) is 0 Å². The zero-order valence-electron chi connectivity index (χ0n) is 14.3. The maximum atomic E-state index is 12.1. The van der Waals surface area contributed by atoms with Crippen molar-refractivity contribution in [2.24, 2.45) is 0 Å². The molecule has 0 atom stereocenters. The molecule has 0 aliphatic carbocycles. The van der Waals surface area contributed by atoms with Gasteiger partial charge in [-0.1, -0.05) is 54.1 Å². The van der Waals surface area contributed by atoms with E-state index in [1.54, 1.807) is 12.3 Å². The summed E-state index contributed by atoms with van der Waals surface area (Å²) >= 11 is 6.20. The summed E-state index contributed by atoms with van der Waals surface area (Å²) in [4.78, 5) is 20.8. The lowest BCUT2D eigenvalue weighted by molar-refractivity contribution is -0.138. The second-order valence-electron chi connectivity index (χ2n) is 5.99. The van der Waals surface area contributed by atoms with E-state index in [1.807, 2.05) is 60.7 Å². The predicted octanol–water partition coefficient (Wildman–Crippen LogP) is 5.19. The zero-order chi connectivity index (χ0) is 18.6. The summed E-state index contributed by atoms with van der Waals surface area (Å²) in [7, 11) is 0. The van der Waals surface area contributed by atoms with Gasteiger partial charge in [0.15, 0.2) is 0 Å². The van der Waals surface area contributed by atoms with Crippen molar-refractivity contribution in [3.05, 3.63) is 89.2 Å². The molecule has 27 heavy (non-hydrogen) atoms. The van der Waals surface area contributed by atoms with Crippen LogP contribution in [0.5, 0.6) is 0 Å². The van der Waals surface area contributed by atoms with Gasteiger partial charge in [-0.05, 0) is 24.3 Å². The highest BCUT2D eigenvalue weighted by Crippen LogP contribution is 2.21. The van der Waals surface area contributed by atoms with Crippen LogP contribution in [0.2, 0.25) is 5.15 Å². The van der Waals surface area contributed by atoms with Gasteiger partial charge in [0.2, 0.25) is 0 Å². The Morgan fingerprint density at radius 3 is 2.78 bits per heavy atom. The second-order valence-corrected chi connectivity index (χ2v) is 6.35. The molecule has 0 aliphatic heterocycles. The van der Waals surface area contributed by atoms with Crippen molar-refractivity contribution in [2.75, 3.05) is 0 Å². The SMILES string of the molecule is O=C(/C=C/c1cccc2cccnc12)OCc1cc2ccccc2nc1Cl. The van der Waals surface area contributed by atoms with Crippen LogP contribution in [0.25, 0.3) is 27.9 Å². The number of carbonyl (C=O) groups is 1. The molecule has 132 valence electrons. The quantitative estimate of drug-likeness (QED) is 0.280. The normalized spacial score (nSPS) is 11.3. The van der Waals surface area contributed by atoms with E-state index in [9.17, 15) is 4.79 Å². The van der Waals surface area contributed by atoms with Crippen LogP contribution in [-0.2, 0) is 16.1 Å². The number of esters is 1. The predicted molar refractivity (Wildman–Crippen MR) is 107 cm³/mol. The first-order valence-corrected chi connectivity index (χ1v) is 8.81. The van der Waals surface area contributed by atoms with Gasteiger partial charge in [-0.3, -0.25) is 4.98 Å². The van der Waals surface area contributed by atoms with Gasteiger partial charge in [0, 0.05) is 34.2 Å². The number of aromatic nitrogens is 2. The van der Waals surface area contributed by atoms with Gasteiger partial charge in [-0.15, -0.1) is 0 Å². The van der Waals surface area contributed by atoms with Crippen LogP contribution in [0.3, 0.4) is 0 Å². The van der Waals surface area contributed by atoms with Crippen molar-refractivity contribution >= 4 is 45.5 Å². The number of nitrogens with zero attached hydrogens (tertiary/aromatic N) is 2. The first-order valence-electron chi connectivity index (χ1n) is 8.43. The Kier molecular flexibility index (Phi) is 4.81. The summed E-state index contributed by atoms with van der Waals surface area (Å²) in [6.45, 7) is 0.0631. The van der Waals surface area contributed by atoms with Crippen molar-refractivity contribution < 1.29 is 9.53 Å². The zero-order valence-corrected chi connectivity index (χ0v) is 15.1. The van der Waals surface area contributed by atoms with Crippen molar-refractivity contribution in [1.82, 2.24) is 9.97 Å². The molecule has 4 rings (SSSR count). The maximum absolute atomic E-state index is 12.1. The van der Waals surface area contributed by atoms with E-state index in [1.165, 1.54) is 6.08 Å². The summed E-state index contributed by atoms with van der Waals surface area (Å²) in [5, 5.41) is 2.30. The monoisotopic (exact) mass is 374 g/mol. The third-order valence-electron chi connectivity index (χ3n) is 4.18. The third kappa shape index (κ3) is 3.81. The number of benzene rings is 2. The fraction of sp³-hybridized carbons (Fsp3) is 0.0455. The summed E-state index contributed by atoms with van der Waals surface area (Å²) in [5.41, 5.74) is 3.17. The number of halogens is 1. The van der Waals surface area contributed by atoms with Gasteiger partial charge in [-0.25, -0.2) is 9.78 Å². The number of carbonyl (C=O) groups excluding carboxylic acids is 1. The topological polar surface area (TPSA) is 52.1 Å². The van der Waals surface area contributed by atoms with Gasteiger partial charge in [0.25, 0.3) is 0 Å². The largest absolute Gasteiger partial charge is 0.458 e. The average Bonchev–Trinajstić information content (AvgIpc) is 2.70. The number of rotatable bonds is 4. The molecule has 0 unspecified atom stereocenters. The minimum Gasteiger partial charge on any atom is -0.458 e. The molecule has 2 aromatic carbocycles. The van der Waals surface area contributed by atoms with Crippen LogP contribution in [0.15, 0.2) is 72.9 Å². The van der Waals surface area contributed by atoms with Gasteiger partial charge < -0.3 is 4.74 Å². The standard InChI is InChI=1S/C22H15ClN2O2/c23-22-18(13-17-5-1-2-9-19(17)25-22)14-27-20(26)11-10-16-7-3-6-15-8-4-12-24-21(15)16/h1-13H,14H2/b11-10+. The van der Waals surface area contributed by atoms with Crippen LogP contribution in [0.1, 0.15) is 11.1 Å². The minimum absolute atomic E-state index is 0.0631. The Morgan fingerprint density at radius 1 is 1.04 bits per heavy atom. The first-order chi connectivity index (χ1) is 13.2. The molecule has 4 nitrogen and oxygen atoms in total. The van der Waals surface area contributed by atoms with E-state index in [2.05, 4.69) is 9.97 Å². The van der Waals surface area contributed by atoms with Gasteiger partial charge >= 0.3 is 5.97 Å². The summed E-state index contributed by atoms with van der Waals surface area (Å²) in [6.07, 6.45) is 4.83. The lowest BCUT2D eigenvalue weighted by Crippen LogP contribution is -2.02. The number of pyridine rings is 2. The van der Waals surface area contributed by atoms with Gasteiger partial charge in [-0.2, -0.15) is 0 Å². The van der Waals surface area contributed by atoms with E-state index in [-0.39, 0.29) is 6.61 Å². The van der Waals surface area contributed by atoms with E-state index >= 15 is 0 Å². The molecule has 4 aromatic rings. The molecule has 0 amide bonds. The van der Waals surface area contributed by atoms with Crippen molar-refractivity contribution in [3.63, 3.8) is 0 Å².